The van der Waals surface area contributed by atoms with Crippen molar-refractivity contribution >= 4 is 0 Å². The van der Waals surface area contributed by atoms with Crippen LogP contribution in [-0.4, -0.2) is 28.7 Å². The quantitative estimate of drug-likeness (QED) is 0.583. The molecular weight excluding hydrogens is 419 g/mol. The normalized spacial score (nSPS) is 23.5. The molecule has 3 heterocycles. The Balaban J connectivity index is 1.52. The number of aromatic nitrogens is 2. The molecule has 1 aliphatic heterocycles. The van der Waals surface area contributed by atoms with Gasteiger partial charge in [0, 0.05) is 41.9 Å². The second kappa shape index (κ2) is 8.70. The number of nitrogens with one attached hydrogen (secondary N) is 1. The van der Waals surface area contributed by atoms with Crippen molar-refractivity contribution in [1.29, 1.82) is 0 Å². The number of nitrogens with two attached hydrogens (primary N) is 2. The number of hydrogen-bond acceptors (Lipinski definition) is 6. The van der Waals surface area contributed by atoms with Crippen LogP contribution >= 0.6 is 0 Å². The van der Waals surface area contributed by atoms with Gasteiger partial charge in [-0.05, 0) is 56.8 Å². The molecule has 0 bridgehead atoms. The van der Waals surface area contributed by atoms with Gasteiger partial charge in [-0.3, -0.25) is 26.8 Å². The van der Waals surface area contributed by atoms with E-state index in [4.69, 9.17) is 16.2 Å². The lowest BCUT2D eigenvalue weighted by Crippen LogP contribution is -2.59. The highest BCUT2D eigenvalue weighted by molar-refractivity contribution is 5.26. The van der Waals surface area contributed by atoms with E-state index in [2.05, 4.69) is 15.3 Å². The highest BCUT2D eigenvalue weighted by atomic mass is 19.4. The van der Waals surface area contributed by atoms with Crippen LogP contribution < -0.4 is 16.8 Å². The molecule has 9 heteroatoms. The summed E-state index contributed by atoms with van der Waals surface area (Å²) >= 11 is 0. The highest BCUT2D eigenvalue weighted by Crippen LogP contribution is 2.49. The zero-order valence-electron chi connectivity index (χ0n) is 18.0. The smallest absolute Gasteiger partial charge is 0.375 e. The molecule has 174 valence electrons. The summed E-state index contributed by atoms with van der Waals surface area (Å²) < 4.78 is 45.5. The third-order valence-corrected chi connectivity index (χ3v) is 6.94. The number of rotatable bonds is 6. The van der Waals surface area contributed by atoms with Crippen molar-refractivity contribution in [2.75, 3.05) is 13.2 Å². The molecule has 1 unspecified atom stereocenters. The summed E-state index contributed by atoms with van der Waals surface area (Å²) in [6.07, 6.45) is 6.10. The van der Waals surface area contributed by atoms with E-state index in [0.29, 0.717) is 19.6 Å². The van der Waals surface area contributed by atoms with Crippen LogP contribution in [0.3, 0.4) is 0 Å². The summed E-state index contributed by atoms with van der Waals surface area (Å²) in [5, 5.41) is 3.05. The minimum absolute atomic E-state index is 0.0819. The monoisotopic (exact) mass is 449 g/mol. The van der Waals surface area contributed by atoms with Gasteiger partial charge >= 0.3 is 6.18 Å². The second-order valence-corrected chi connectivity index (χ2v) is 9.17. The Bertz CT molecular complexity index is 915. The topological polar surface area (TPSA) is 99.1 Å². The predicted molar refractivity (Wildman–Crippen MR) is 114 cm³/mol. The van der Waals surface area contributed by atoms with Gasteiger partial charge in [0.15, 0.2) is 0 Å². The molecule has 2 aromatic heterocycles. The highest BCUT2D eigenvalue weighted by Gasteiger charge is 2.48. The summed E-state index contributed by atoms with van der Waals surface area (Å²) in [5.41, 5.74) is 12.2. The van der Waals surface area contributed by atoms with E-state index in [1.54, 1.807) is 6.20 Å². The number of ether oxygens (including phenoxy) is 1. The SMILES string of the molecule is NC(N)(NCCC1(c2ccccn2)CCOC2(CCCC2)C1)c1cncc(C(F)(F)F)c1. The van der Waals surface area contributed by atoms with Crippen molar-refractivity contribution in [2.45, 2.75) is 67.9 Å². The average molecular weight is 450 g/mol. The van der Waals surface area contributed by atoms with Gasteiger partial charge < -0.3 is 4.74 Å². The Morgan fingerprint density at radius 2 is 1.81 bits per heavy atom. The fourth-order valence-corrected chi connectivity index (χ4v) is 5.23. The van der Waals surface area contributed by atoms with Gasteiger partial charge in [0.05, 0.1) is 11.2 Å². The molecule has 2 aliphatic rings. The van der Waals surface area contributed by atoms with Gasteiger partial charge in [0.25, 0.3) is 0 Å². The van der Waals surface area contributed by atoms with Crippen molar-refractivity contribution in [3.05, 3.63) is 59.7 Å². The van der Waals surface area contributed by atoms with Crippen LogP contribution in [-0.2, 0) is 22.1 Å². The lowest BCUT2D eigenvalue weighted by Gasteiger charge is -2.46. The number of alkyl halides is 3. The first kappa shape index (κ1) is 23.1. The lowest BCUT2D eigenvalue weighted by molar-refractivity contribution is -0.137. The van der Waals surface area contributed by atoms with Crippen LogP contribution in [0.4, 0.5) is 13.2 Å². The second-order valence-electron chi connectivity index (χ2n) is 9.17. The fourth-order valence-electron chi connectivity index (χ4n) is 5.23. The van der Waals surface area contributed by atoms with Crippen molar-refractivity contribution < 1.29 is 17.9 Å². The van der Waals surface area contributed by atoms with E-state index in [0.717, 1.165) is 56.5 Å². The number of pyridine rings is 2. The first-order valence-corrected chi connectivity index (χ1v) is 11.1. The van der Waals surface area contributed by atoms with Crippen LogP contribution in [0.15, 0.2) is 42.9 Å². The summed E-state index contributed by atoms with van der Waals surface area (Å²) in [4.78, 5) is 8.34. The lowest BCUT2D eigenvalue weighted by atomic mass is 9.68. The van der Waals surface area contributed by atoms with Gasteiger partial charge in [-0.15, -0.1) is 0 Å². The average Bonchev–Trinajstić information content (AvgIpc) is 3.21. The minimum Gasteiger partial charge on any atom is -0.375 e. The zero-order chi connectivity index (χ0) is 22.9. The number of halogens is 3. The van der Waals surface area contributed by atoms with E-state index in [-0.39, 0.29) is 16.6 Å². The molecule has 2 aromatic rings. The molecule has 1 saturated carbocycles. The maximum atomic E-state index is 13.1. The van der Waals surface area contributed by atoms with Crippen molar-refractivity contribution in [3.8, 4) is 0 Å². The molecule has 32 heavy (non-hydrogen) atoms. The molecule has 6 nitrogen and oxygen atoms in total. The largest absolute Gasteiger partial charge is 0.417 e. The molecule has 1 saturated heterocycles. The number of nitrogens with zero attached hydrogens (tertiary/aromatic N) is 2. The van der Waals surface area contributed by atoms with Crippen molar-refractivity contribution in [1.82, 2.24) is 15.3 Å². The molecule has 1 spiro atoms. The maximum Gasteiger partial charge on any atom is 0.417 e. The Morgan fingerprint density at radius 3 is 2.50 bits per heavy atom. The summed E-state index contributed by atoms with van der Waals surface area (Å²) in [7, 11) is 0. The van der Waals surface area contributed by atoms with Gasteiger partial charge in [-0.1, -0.05) is 18.9 Å². The van der Waals surface area contributed by atoms with Crippen molar-refractivity contribution in [2.24, 2.45) is 11.5 Å². The Kier molecular flexibility index (Phi) is 6.28. The Morgan fingerprint density at radius 1 is 1.06 bits per heavy atom. The summed E-state index contributed by atoms with van der Waals surface area (Å²) in [5.74, 6) is -1.64. The van der Waals surface area contributed by atoms with Crippen LogP contribution in [0.2, 0.25) is 0 Å². The van der Waals surface area contributed by atoms with Gasteiger partial charge in [-0.2, -0.15) is 13.2 Å². The molecule has 0 radical (unpaired) electrons. The van der Waals surface area contributed by atoms with E-state index in [1.807, 2.05) is 18.2 Å². The first-order chi connectivity index (χ1) is 15.1. The van der Waals surface area contributed by atoms with Crippen LogP contribution in [0, 0.1) is 0 Å². The Labute approximate surface area is 186 Å². The molecule has 0 aromatic carbocycles. The van der Waals surface area contributed by atoms with Crippen LogP contribution in [0.25, 0.3) is 0 Å². The summed E-state index contributed by atoms with van der Waals surface area (Å²) in [6, 6.07) is 6.86. The van der Waals surface area contributed by atoms with Gasteiger partial charge in [-0.25, -0.2) is 0 Å². The van der Waals surface area contributed by atoms with Crippen LogP contribution in [0.5, 0.6) is 0 Å². The third kappa shape index (κ3) is 4.80. The summed E-state index contributed by atoms with van der Waals surface area (Å²) in [6.45, 7) is 1.07. The van der Waals surface area contributed by atoms with Crippen LogP contribution in [0.1, 0.15) is 61.8 Å². The van der Waals surface area contributed by atoms with E-state index < -0.39 is 17.5 Å². The zero-order valence-corrected chi connectivity index (χ0v) is 18.0. The fraction of sp³-hybridized carbons (Fsp3) is 0.565. The molecule has 4 rings (SSSR count). The van der Waals surface area contributed by atoms with E-state index in [9.17, 15) is 13.2 Å². The number of hydrogen-bond donors (Lipinski definition) is 3. The maximum absolute atomic E-state index is 13.1. The molecule has 5 N–H and O–H groups in total. The van der Waals surface area contributed by atoms with E-state index >= 15 is 0 Å². The van der Waals surface area contributed by atoms with E-state index in [1.165, 1.54) is 6.20 Å². The van der Waals surface area contributed by atoms with Gasteiger partial charge in [0.1, 0.15) is 5.79 Å². The Hall–Kier alpha value is -2.07. The van der Waals surface area contributed by atoms with Crippen molar-refractivity contribution in [3.63, 3.8) is 0 Å². The molecule has 0 amide bonds. The standard InChI is InChI=1S/C23H30F3N5O/c24-22(25,26)17-13-18(15-29-14-17)23(27,28)31-11-8-20(19-5-1-4-10-30-19)9-12-32-21(16-20)6-2-3-7-21/h1,4-5,10,13-15,31H,2-3,6-9,11-12,16,27-28H2. The third-order valence-electron chi connectivity index (χ3n) is 6.94. The first-order valence-electron chi connectivity index (χ1n) is 11.1. The predicted octanol–water partition coefficient (Wildman–Crippen LogP) is 3.56. The minimum atomic E-state index is -4.51. The molecular formula is C23H30F3N5O. The molecule has 2 fully saturated rings. The molecule has 1 aliphatic carbocycles. The van der Waals surface area contributed by atoms with Gasteiger partial charge in [0.2, 0.25) is 0 Å². The molecule has 1 atom stereocenters.